The summed E-state index contributed by atoms with van der Waals surface area (Å²) in [6, 6.07) is 0. The molecule has 3 rings (SSSR count). The molecule has 0 unspecified atom stereocenters. The highest BCUT2D eigenvalue weighted by Gasteiger charge is 2.64. The number of aliphatic imine (C=N–C) groups is 1. The summed E-state index contributed by atoms with van der Waals surface area (Å²) in [5.41, 5.74) is -2.71. The predicted molar refractivity (Wildman–Crippen MR) is 57.7 cm³/mol. The summed E-state index contributed by atoms with van der Waals surface area (Å²) in [5.74, 6) is -1.20. The molecule has 0 radical (unpaired) electrons. The number of methoxy groups -OCH3 is 1. The smallest absolute Gasteiger partial charge is 0.366 e. The molecule has 3 aliphatic heterocycles. The standard InChI is InChI=1S/C10H12ClNO5/c1-5(13)16-6-4-9(2)7(11)12-10(6,15-3)8(14)17-9/h6H,4H2,1-3H3/t6-,9+,10-/m1/s1. The molecule has 0 aromatic heterocycles. The Morgan fingerprint density at radius 1 is 1.65 bits per heavy atom. The molecule has 6 nitrogen and oxygen atoms in total. The summed E-state index contributed by atoms with van der Waals surface area (Å²) >= 11 is 5.94. The summed E-state index contributed by atoms with van der Waals surface area (Å²) in [4.78, 5) is 26.9. The number of nitrogens with zero attached hydrogens (tertiary/aromatic N) is 1. The Morgan fingerprint density at radius 2 is 2.29 bits per heavy atom. The average Bonchev–Trinajstić information content (AvgIpc) is 2.20. The fraction of sp³-hybridized carbons (Fsp3) is 0.700. The van der Waals surface area contributed by atoms with Crippen molar-refractivity contribution in [1.82, 2.24) is 0 Å². The van der Waals surface area contributed by atoms with Gasteiger partial charge in [0.05, 0.1) is 0 Å². The first-order valence-corrected chi connectivity index (χ1v) is 5.43. The van der Waals surface area contributed by atoms with E-state index in [-0.39, 0.29) is 11.6 Å². The van der Waals surface area contributed by atoms with Gasteiger partial charge in [-0.3, -0.25) is 4.79 Å². The minimum absolute atomic E-state index is 0.141. The lowest BCUT2D eigenvalue weighted by Gasteiger charge is -2.48. The van der Waals surface area contributed by atoms with Gasteiger partial charge in [0.2, 0.25) is 0 Å². The van der Waals surface area contributed by atoms with Crippen molar-refractivity contribution in [3.63, 3.8) is 0 Å². The van der Waals surface area contributed by atoms with E-state index in [2.05, 4.69) is 4.99 Å². The van der Waals surface area contributed by atoms with Crippen LogP contribution in [0.15, 0.2) is 4.99 Å². The van der Waals surface area contributed by atoms with E-state index >= 15 is 0 Å². The van der Waals surface area contributed by atoms with E-state index in [0.29, 0.717) is 0 Å². The lowest BCUT2D eigenvalue weighted by Crippen LogP contribution is -2.67. The van der Waals surface area contributed by atoms with Gasteiger partial charge in [-0.05, 0) is 6.92 Å². The fourth-order valence-corrected chi connectivity index (χ4v) is 2.27. The van der Waals surface area contributed by atoms with Crippen molar-refractivity contribution in [3.8, 4) is 0 Å². The summed E-state index contributed by atoms with van der Waals surface area (Å²) in [7, 11) is 1.29. The molecule has 94 valence electrons. The van der Waals surface area contributed by atoms with Crippen LogP contribution in [0.2, 0.25) is 0 Å². The average molecular weight is 262 g/mol. The highest BCUT2D eigenvalue weighted by molar-refractivity contribution is 6.67. The third-order valence-electron chi connectivity index (χ3n) is 2.94. The molecule has 7 heteroatoms. The number of ether oxygens (including phenoxy) is 3. The number of carbonyl (C=O) groups is 2. The lowest BCUT2D eigenvalue weighted by molar-refractivity contribution is -0.225. The molecule has 3 aliphatic rings. The van der Waals surface area contributed by atoms with Gasteiger partial charge in [-0.25, -0.2) is 9.79 Å². The summed E-state index contributed by atoms with van der Waals surface area (Å²) in [6.45, 7) is 2.87. The van der Waals surface area contributed by atoms with Crippen LogP contribution < -0.4 is 0 Å². The van der Waals surface area contributed by atoms with Gasteiger partial charge < -0.3 is 14.2 Å². The Balaban J connectivity index is 2.46. The van der Waals surface area contributed by atoms with Crippen molar-refractivity contribution in [2.45, 2.75) is 37.7 Å². The zero-order chi connectivity index (χ0) is 12.8. The Labute approximate surface area is 103 Å². The first kappa shape index (κ1) is 12.3. The molecular weight excluding hydrogens is 250 g/mol. The third-order valence-corrected chi connectivity index (χ3v) is 3.43. The molecule has 1 saturated heterocycles. The summed E-state index contributed by atoms with van der Waals surface area (Å²) < 4.78 is 15.3. The first-order valence-electron chi connectivity index (χ1n) is 5.06. The van der Waals surface area contributed by atoms with Gasteiger partial charge in [0.25, 0.3) is 5.72 Å². The van der Waals surface area contributed by atoms with E-state index in [1.807, 2.05) is 0 Å². The second-order valence-corrected chi connectivity index (χ2v) is 4.58. The summed E-state index contributed by atoms with van der Waals surface area (Å²) in [5, 5.41) is 0.141. The topological polar surface area (TPSA) is 74.2 Å². The Kier molecular flexibility index (Phi) is 2.67. The third kappa shape index (κ3) is 1.63. The van der Waals surface area contributed by atoms with Crippen molar-refractivity contribution in [1.29, 1.82) is 0 Å². The van der Waals surface area contributed by atoms with Crippen LogP contribution in [0.4, 0.5) is 0 Å². The highest BCUT2D eigenvalue weighted by atomic mass is 35.5. The molecule has 0 aliphatic carbocycles. The molecular formula is C10H12ClNO5. The predicted octanol–water partition coefficient (Wildman–Crippen LogP) is 0.617. The zero-order valence-corrected chi connectivity index (χ0v) is 10.4. The second kappa shape index (κ2) is 3.68. The Hall–Kier alpha value is -1.14. The Morgan fingerprint density at radius 3 is 2.82 bits per heavy atom. The van der Waals surface area contributed by atoms with Gasteiger partial charge in [-0.2, -0.15) is 0 Å². The normalized spacial score (nSPS) is 39.6. The summed E-state index contributed by atoms with van der Waals surface area (Å²) in [6.07, 6.45) is -0.590. The van der Waals surface area contributed by atoms with Crippen LogP contribution in [-0.2, 0) is 23.8 Å². The number of hydrogen-bond donors (Lipinski definition) is 0. The van der Waals surface area contributed by atoms with E-state index in [0.717, 1.165) is 0 Å². The quantitative estimate of drug-likeness (QED) is 0.681. The first-order chi connectivity index (χ1) is 7.84. The van der Waals surface area contributed by atoms with Crippen LogP contribution >= 0.6 is 11.6 Å². The van der Waals surface area contributed by atoms with Crippen molar-refractivity contribution in [3.05, 3.63) is 0 Å². The van der Waals surface area contributed by atoms with Crippen LogP contribution in [0.5, 0.6) is 0 Å². The van der Waals surface area contributed by atoms with Crippen LogP contribution in [0.3, 0.4) is 0 Å². The monoisotopic (exact) mass is 261 g/mol. The minimum atomic E-state index is -1.67. The van der Waals surface area contributed by atoms with E-state index in [1.54, 1.807) is 6.92 Å². The van der Waals surface area contributed by atoms with Gasteiger partial charge in [-0.1, -0.05) is 11.6 Å². The molecule has 0 aromatic carbocycles. The maximum atomic E-state index is 11.8. The van der Waals surface area contributed by atoms with E-state index in [9.17, 15) is 9.59 Å². The lowest BCUT2D eigenvalue weighted by atomic mass is 9.85. The molecule has 3 atom stereocenters. The highest BCUT2D eigenvalue weighted by Crippen LogP contribution is 2.43. The molecule has 17 heavy (non-hydrogen) atoms. The van der Waals surface area contributed by atoms with E-state index in [4.69, 9.17) is 25.8 Å². The van der Waals surface area contributed by atoms with Gasteiger partial charge in [-0.15, -0.1) is 0 Å². The van der Waals surface area contributed by atoms with Crippen molar-refractivity contribution in [2.75, 3.05) is 7.11 Å². The number of halogens is 1. The molecule has 3 heterocycles. The molecule has 1 fully saturated rings. The van der Waals surface area contributed by atoms with Crippen LogP contribution in [-0.4, -0.2) is 41.6 Å². The largest absolute Gasteiger partial charge is 0.456 e. The van der Waals surface area contributed by atoms with Gasteiger partial charge in [0.1, 0.15) is 5.17 Å². The van der Waals surface area contributed by atoms with Crippen molar-refractivity contribution >= 4 is 28.7 Å². The molecule has 0 aromatic rings. The fourth-order valence-electron chi connectivity index (χ4n) is 2.03. The SMILES string of the molecule is CO[C@]12N=C(Cl)[C@](C)(C[C@H]1OC(C)=O)OC2=O. The van der Waals surface area contributed by atoms with Gasteiger partial charge in [0.15, 0.2) is 11.7 Å². The second-order valence-electron chi connectivity index (χ2n) is 4.23. The van der Waals surface area contributed by atoms with Gasteiger partial charge >= 0.3 is 11.9 Å². The van der Waals surface area contributed by atoms with Crippen LogP contribution in [0.25, 0.3) is 0 Å². The van der Waals surface area contributed by atoms with Crippen LogP contribution in [0, 0.1) is 0 Å². The van der Waals surface area contributed by atoms with E-state index in [1.165, 1.54) is 14.0 Å². The van der Waals surface area contributed by atoms with Gasteiger partial charge in [0, 0.05) is 20.5 Å². The number of rotatable bonds is 2. The Bertz CT molecular complexity index is 423. The molecule has 2 bridgehead atoms. The van der Waals surface area contributed by atoms with Crippen LogP contribution in [0.1, 0.15) is 20.3 Å². The zero-order valence-electron chi connectivity index (χ0n) is 9.65. The molecule has 0 saturated carbocycles. The maximum Gasteiger partial charge on any atom is 0.366 e. The number of hydrogen-bond acceptors (Lipinski definition) is 6. The molecule has 0 spiro atoms. The van der Waals surface area contributed by atoms with Crippen molar-refractivity contribution < 1.29 is 23.8 Å². The molecule has 0 amide bonds. The van der Waals surface area contributed by atoms with Crippen molar-refractivity contribution in [2.24, 2.45) is 4.99 Å². The number of esters is 2. The molecule has 0 N–H and O–H groups in total. The van der Waals surface area contributed by atoms with E-state index < -0.39 is 29.4 Å². The minimum Gasteiger partial charge on any atom is -0.456 e. The maximum absolute atomic E-state index is 11.8. The number of fused-ring (bicyclic) bond motifs is 2. The number of carbonyl (C=O) groups excluding carboxylic acids is 2.